The van der Waals surface area contributed by atoms with Gasteiger partial charge < -0.3 is 25.3 Å². The van der Waals surface area contributed by atoms with E-state index in [0.717, 1.165) is 62.3 Å². The topological polar surface area (TPSA) is 59.6 Å². The summed E-state index contributed by atoms with van der Waals surface area (Å²) >= 11 is 0. The minimum Gasteiger partial charge on any atom is -0.369 e. The van der Waals surface area contributed by atoms with Gasteiger partial charge in [0.1, 0.15) is 11.4 Å². The number of likely N-dealkylation sites (N-methyl/N-ethyl adjacent to an activating group) is 1. The summed E-state index contributed by atoms with van der Waals surface area (Å²) in [5.74, 6) is -0.0582. The standard InChI is InChI=1S/C25H38F3N7/c1-6-19-15-20(35-14-13-34(5)18(3)17-35)9-10-22(19)31-24-30-16-21(25(26,27)28)23(32-24)29-11-8-12-33(4)7-2/h9-10,15-16,18H,6-8,11-14,17H2,1-5H3,(H2,29,30,31,32)/t18-/m1/s1. The fourth-order valence-corrected chi connectivity index (χ4v) is 4.09. The van der Waals surface area contributed by atoms with Crippen molar-refractivity contribution in [2.24, 2.45) is 0 Å². The molecule has 0 spiro atoms. The fraction of sp³-hybridized carbons (Fsp3) is 0.600. The Kier molecular flexibility index (Phi) is 9.18. The molecular weight excluding hydrogens is 455 g/mol. The molecule has 0 aliphatic carbocycles. The Bertz CT molecular complexity index is 967. The Balaban J connectivity index is 1.77. The van der Waals surface area contributed by atoms with Gasteiger partial charge in [0.15, 0.2) is 0 Å². The lowest BCUT2D eigenvalue weighted by Crippen LogP contribution is -2.50. The van der Waals surface area contributed by atoms with Crippen molar-refractivity contribution < 1.29 is 13.2 Å². The Hall–Kier alpha value is -2.59. The highest BCUT2D eigenvalue weighted by Gasteiger charge is 2.35. The Morgan fingerprint density at radius 1 is 1.20 bits per heavy atom. The number of alkyl halides is 3. The first-order valence-corrected chi connectivity index (χ1v) is 12.3. The summed E-state index contributed by atoms with van der Waals surface area (Å²) in [6.45, 7) is 11.3. The summed E-state index contributed by atoms with van der Waals surface area (Å²) in [7, 11) is 4.12. The summed E-state index contributed by atoms with van der Waals surface area (Å²) in [6.07, 6.45) is -2.20. The van der Waals surface area contributed by atoms with E-state index in [2.05, 4.69) is 62.3 Å². The van der Waals surface area contributed by atoms with Crippen LogP contribution in [0, 0.1) is 0 Å². The highest BCUT2D eigenvalue weighted by atomic mass is 19.4. The van der Waals surface area contributed by atoms with Crippen molar-refractivity contribution in [1.82, 2.24) is 19.8 Å². The second-order valence-electron chi connectivity index (χ2n) is 9.23. The van der Waals surface area contributed by atoms with Crippen LogP contribution in [0.15, 0.2) is 24.4 Å². The smallest absolute Gasteiger partial charge is 0.369 e. The first-order valence-electron chi connectivity index (χ1n) is 12.3. The van der Waals surface area contributed by atoms with E-state index < -0.39 is 11.7 Å². The van der Waals surface area contributed by atoms with Crippen LogP contribution in [0.1, 0.15) is 38.3 Å². The van der Waals surface area contributed by atoms with Crippen LogP contribution in [-0.4, -0.2) is 79.2 Å². The third-order valence-corrected chi connectivity index (χ3v) is 6.68. The van der Waals surface area contributed by atoms with Gasteiger partial charge in [-0.25, -0.2) is 4.98 Å². The number of aromatic nitrogens is 2. The van der Waals surface area contributed by atoms with Crippen molar-refractivity contribution in [2.75, 3.05) is 68.9 Å². The normalized spacial score (nSPS) is 17.2. The molecule has 0 unspecified atom stereocenters. The van der Waals surface area contributed by atoms with Crippen molar-refractivity contribution in [1.29, 1.82) is 0 Å². The number of piperazine rings is 1. The largest absolute Gasteiger partial charge is 0.421 e. The van der Waals surface area contributed by atoms with Crippen LogP contribution in [0.25, 0.3) is 0 Å². The van der Waals surface area contributed by atoms with E-state index in [9.17, 15) is 13.2 Å². The molecule has 3 rings (SSSR count). The van der Waals surface area contributed by atoms with Gasteiger partial charge in [0.05, 0.1) is 0 Å². The van der Waals surface area contributed by atoms with Crippen LogP contribution in [0.2, 0.25) is 0 Å². The van der Waals surface area contributed by atoms with Crippen molar-refractivity contribution in [2.45, 2.75) is 45.8 Å². The monoisotopic (exact) mass is 493 g/mol. The molecule has 1 aromatic heterocycles. The molecule has 2 N–H and O–H groups in total. The van der Waals surface area contributed by atoms with Crippen LogP contribution >= 0.6 is 0 Å². The SMILES string of the molecule is CCc1cc(N2CCN(C)[C@H](C)C2)ccc1Nc1ncc(C(F)(F)F)c(NCCCN(C)CC)n1. The maximum Gasteiger partial charge on any atom is 0.421 e. The Morgan fingerprint density at radius 2 is 1.97 bits per heavy atom. The highest BCUT2D eigenvalue weighted by molar-refractivity contribution is 5.65. The molecule has 0 bridgehead atoms. The molecule has 2 heterocycles. The molecule has 194 valence electrons. The van der Waals surface area contributed by atoms with Gasteiger partial charge in [0.25, 0.3) is 0 Å². The molecule has 10 heteroatoms. The second-order valence-corrected chi connectivity index (χ2v) is 9.23. The average Bonchev–Trinajstić information content (AvgIpc) is 2.83. The van der Waals surface area contributed by atoms with Gasteiger partial charge >= 0.3 is 6.18 Å². The summed E-state index contributed by atoms with van der Waals surface area (Å²) in [5.41, 5.74) is 2.16. The fourth-order valence-electron chi connectivity index (χ4n) is 4.09. The van der Waals surface area contributed by atoms with Gasteiger partial charge in [-0.15, -0.1) is 0 Å². The van der Waals surface area contributed by atoms with Crippen LogP contribution < -0.4 is 15.5 Å². The van der Waals surface area contributed by atoms with Crippen LogP contribution in [0.4, 0.5) is 36.3 Å². The van der Waals surface area contributed by atoms with Gasteiger partial charge in [0, 0.05) is 49.8 Å². The van der Waals surface area contributed by atoms with Crippen molar-refractivity contribution >= 4 is 23.1 Å². The Labute approximate surface area is 206 Å². The Morgan fingerprint density at radius 3 is 2.63 bits per heavy atom. The number of hydrogen-bond acceptors (Lipinski definition) is 7. The summed E-state index contributed by atoms with van der Waals surface area (Å²) in [5, 5.41) is 6.01. The van der Waals surface area contributed by atoms with E-state index in [1.54, 1.807) is 0 Å². The molecule has 1 saturated heterocycles. The van der Waals surface area contributed by atoms with Crippen molar-refractivity contribution in [3.63, 3.8) is 0 Å². The molecule has 1 aliphatic rings. The minimum atomic E-state index is -4.53. The molecule has 1 atom stereocenters. The van der Waals surface area contributed by atoms with E-state index in [0.29, 0.717) is 19.0 Å². The van der Waals surface area contributed by atoms with E-state index >= 15 is 0 Å². The summed E-state index contributed by atoms with van der Waals surface area (Å²) in [4.78, 5) is 15.0. The second kappa shape index (κ2) is 11.9. The van der Waals surface area contributed by atoms with Gasteiger partial charge in [-0.2, -0.15) is 18.2 Å². The zero-order valence-electron chi connectivity index (χ0n) is 21.4. The first-order chi connectivity index (χ1) is 16.6. The lowest BCUT2D eigenvalue weighted by atomic mass is 10.1. The molecule has 1 fully saturated rings. The van der Waals surface area contributed by atoms with Crippen LogP contribution in [-0.2, 0) is 12.6 Å². The van der Waals surface area contributed by atoms with E-state index in [1.165, 1.54) is 0 Å². The summed E-state index contributed by atoms with van der Waals surface area (Å²) in [6, 6.07) is 6.63. The van der Waals surface area contributed by atoms with Crippen molar-refractivity contribution in [3.8, 4) is 0 Å². The molecular formula is C25H38F3N7. The molecule has 35 heavy (non-hydrogen) atoms. The molecule has 0 amide bonds. The number of benzene rings is 1. The zero-order valence-corrected chi connectivity index (χ0v) is 21.4. The lowest BCUT2D eigenvalue weighted by Gasteiger charge is -2.39. The maximum absolute atomic E-state index is 13.5. The molecule has 1 aromatic carbocycles. The number of halogens is 3. The number of nitrogens with zero attached hydrogens (tertiary/aromatic N) is 5. The van der Waals surface area contributed by atoms with Crippen LogP contribution in [0.3, 0.4) is 0 Å². The van der Waals surface area contributed by atoms with Gasteiger partial charge in [0.2, 0.25) is 5.95 Å². The lowest BCUT2D eigenvalue weighted by molar-refractivity contribution is -0.137. The first kappa shape index (κ1) is 27.0. The maximum atomic E-state index is 13.5. The summed E-state index contributed by atoms with van der Waals surface area (Å²) < 4.78 is 40.6. The predicted molar refractivity (Wildman–Crippen MR) is 137 cm³/mol. The van der Waals surface area contributed by atoms with E-state index in [1.807, 2.05) is 26.1 Å². The zero-order chi connectivity index (χ0) is 25.6. The quantitative estimate of drug-likeness (QED) is 0.466. The highest BCUT2D eigenvalue weighted by Crippen LogP contribution is 2.34. The molecule has 1 aliphatic heterocycles. The van der Waals surface area contributed by atoms with Crippen LogP contribution in [0.5, 0.6) is 0 Å². The molecule has 0 radical (unpaired) electrons. The number of rotatable bonds is 10. The number of aryl methyl sites for hydroxylation is 1. The number of hydrogen-bond donors (Lipinski definition) is 2. The number of nitrogens with one attached hydrogen (secondary N) is 2. The minimum absolute atomic E-state index is 0.141. The van der Waals surface area contributed by atoms with Gasteiger partial charge in [-0.05, 0) is 70.7 Å². The molecule has 2 aromatic rings. The van der Waals surface area contributed by atoms with Crippen molar-refractivity contribution in [3.05, 3.63) is 35.5 Å². The third-order valence-electron chi connectivity index (χ3n) is 6.68. The van der Waals surface area contributed by atoms with E-state index in [4.69, 9.17) is 0 Å². The average molecular weight is 494 g/mol. The molecule has 0 saturated carbocycles. The molecule has 7 nitrogen and oxygen atoms in total. The van der Waals surface area contributed by atoms with Gasteiger partial charge in [-0.3, -0.25) is 0 Å². The van der Waals surface area contributed by atoms with Gasteiger partial charge in [-0.1, -0.05) is 13.8 Å². The third kappa shape index (κ3) is 7.20. The predicted octanol–water partition coefficient (Wildman–Crippen LogP) is 4.70. The number of anilines is 4. The van der Waals surface area contributed by atoms with E-state index in [-0.39, 0.29) is 11.8 Å².